The van der Waals surface area contributed by atoms with Gasteiger partial charge >= 0.3 is 0 Å². The van der Waals surface area contributed by atoms with E-state index in [-0.39, 0.29) is 5.60 Å². The summed E-state index contributed by atoms with van der Waals surface area (Å²) in [6, 6.07) is 0.536. The molecule has 2 rings (SSSR count). The first-order chi connectivity index (χ1) is 9.63. The van der Waals surface area contributed by atoms with Crippen molar-refractivity contribution in [2.75, 3.05) is 26.4 Å². The average Bonchev–Trinajstić information content (AvgIpc) is 2.97. The fourth-order valence-electron chi connectivity index (χ4n) is 3.38. The molecule has 1 heterocycles. The lowest BCUT2D eigenvalue weighted by Gasteiger charge is -2.41. The highest BCUT2D eigenvalue weighted by Crippen LogP contribution is 2.36. The maximum Gasteiger partial charge on any atom is 0.0806 e. The Labute approximate surface area is 124 Å². The molecule has 2 aliphatic rings. The van der Waals surface area contributed by atoms with E-state index in [9.17, 15) is 0 Å². The van der Waals surface area contributed by atoms with Gasteiger partial charge in [0.2, 0.25) is 0 Å². The molecule has 0 radical (unpaired) electrons. The molecule has 3 nitrogen and oxygen atoms in total. The Morgan fingerprint density at radius 3 is 2.50 bits per heavy atom. The highest BCUT2D eigenvalue weighted by molar-refractivity contribution is 4.90. The van der Waals surface area contributed by atoms with Crippen LogP contribution in [0.25, 0.3) is 0 Å². The molecule has 1 atom stereocenters. The summed E-state index contributed by atoms with van der Waals surface area (Å²) in [5.74, 6) is 1.54. The predicted molar refractivity (Wildman–Crippen MR) is 83.0 cm³/mol. The van der Waals surface area contributed by atoms with E-state index < -0.39 is 0 Å². The molecule has 0 aromatic heterocycles. The minimum absolute atomic E-state index is 0.0819. The first kappa shape index (κ1) is 16.3. The van der Waals surface area contributed by atoms with E-state index in [1.807, 2.05) is 0 Å². The van der Waals surface area contributed by atoms with Gasteiger partial charge in [0, 0.05) is 25.1 Å². The Kier molecular flexibility index (Phi) is 6.31. The highest BCUT2D eigenvalue weighted by atomic mass is 16.5. The van der Waals surface area contributed by atoms with Crippen LogP contribution >= 0.6 is 0 Å². The van der Waals surface area contributed by atoms with Gasteiger partial charge in [-0.1, -0.05) is 27.2 Å². The van der Waals surface area contributed by atoms with Gasteiger partial charge in [0.15, 0.2) is 0 Å². The van der Waals surface area contributed by atoms with E-state index in [1.54, 1.807) is 0 Å². The van der Waals surface area contributed by atoms with Crippen molar-refractivity contribution in [2.24, 2.45) is 11.8 Å². The third-order valence-corrected chi connectivity index (χ3v) is 5.08. The van der Waals surface area contributed by atoms with Crippen LogP contribution in [0.1, 0.15) is 59.3 Å². The molecule has 0 aromatic rings. The number of nitrogens with one attached hydrogen (secondary N) is 1. The zero-order chi connectivity index (χ0) is 14.4. The number of hydrogen-bond acceptors (Lipinski definition) is 3. The first-order valence-electron chi connectivity index (χ1n) is 8.58. The molecule has 20 heavy (non-hydrogen) atoms. The summed E-state index contributed by atoms with van der Waals surface area (Å²) in [5.41, 5.74) is 0.0819. The van der Waals surface area contributed by atoms with Gasteiger partial charge in [-0.15, -0.1) is 0 Å². The van der Waals surface area contributed by atoms with Crippen LogP contribution in [0.15, 0.2) is 0 Å². The van der Waals surface area contributed by atoms with Crippen LogP contribution in [0.3, 0.4) is 0 Å². The van der Waals surface area contributed by atoms with Crippen LogP contribution in [0.4, 0.5) is 0 Å². The molecule has 1 aliphatic heterocycles. The standard InChI is InChI=1S/C17H33NO2/c1-4-15-5-8-17(9-6-15,13-18-14(2)3)20-12-16-7-10-19-11-16/h14-16,18H,4-13H2,1-3H3. The van der Waals surface area contributed by atoms with Crippen molar-refractivity contribution in [3.63, 3.8) is 0 Å². The quantitative estimate of drug-likeness (QED) is 0.777. The van der Waals surface area contributed by atoms with Gasteiger partial charge in [-0.05, 0) is 38.0 Å². The fraction of sp³-hybridized carbons (Fsp3) is 1.00. The molecule has 1 unspecified atom stereocenters. The summed E-state index contributed by atoms with van der Waals surface area (Å²) in [6.07, 6.45) is 7.60. The number of hydrogen-bond donors (Lipinski definition) is 1. The van der Waals surface area contributed by atoms with E-state index >= 15 is 0 Å². The third-order valence-electron chi connectivity index (χ3n) is 5.08. The molecule has 0 amide bonds. The smallest absolute Gasteiger partial charge is 0.0806 e. The highest BCUT2D eigenvalue weighted by Gasteiger charge is 2.36. The predicted octanol–water partition coefficient (Wildman–Crippen LogP) is 3.38. The Morgan fingerprint density at radius 2 is 1.95 bits per heavy atom. The fourth-order valence-corrected chi connectivity index (χ4v) is 3.38. The van der Waals surface area contributed by atoms with E-state index in [2.05, 4.69) is 26.1 Å². The molecule has 0 aromatic carbocycles. The molecule has 1 saturated heterocycles. The summed E-state index contributed by atoms with van der Waals surface area (Å²) in [5, 5.41) is 3.61. The molecule has 118 valence electrons. The largest absolute Gasteiger partial charge is 0.381 e. The van der Waals surface area contributed by atoms with Gasteiger partial charge in [-0.25, -0.2) is 0 Å². The zero-order valence-electron chi connectivity index (χ0n) is 13.6. The monoisotopic (exact) mass is 283 g/mol. The molecule has 1 N–H and O–H groups in total. The second-order valence-electron chi connectivity index (χ2n) is 7.11. The lowest BCUT2D eigenvalue weighted by Crippen LogP contribution is -2.48. The molecule has 1 saturated carbocycles. The van der Waals surface area contributed by atoms with Crippen molar-refractivity contribution in [3.8, 4) is 0 Å². The second-order valence-corrected chi connectivity index (χ2v) is 7.11. The minimum Gasteiger partial charge on any atom is -0.381 e. The minimum atomic E-state index is 0.0819. The van der Waals surface area contributed by atoms with E-state index in [1.165, 1.54) is 38.5 Å². The SMILES string of the molecule is CCC1CCC(CNC(C)C)(OCC2CCOC2)CC1. The topological polar surface area (TPSA) is 30.5 Å². The van der Waals surface area contributed by atoms with E-state index in [0.29, 0.717) is 12.0 Å². The van der Waals surface area contributed by atoms with Gasteiger partial charge in [-0.2, -0.15) is 0 Å². The van der Waals surface area contributed by atoms with Crippen molar-refractivity contribution < 1.29 is 9.47 Å². The van der Waals surface area contributed by atoms with Gasteiger partial charge in [0.1, 0.15) is 0 Å². The van der Waals surface area contributed by atoms with Crippen LogP contribution in [0.5, 0.6) is 0 Å². The summed E-state index contributed by atoms with van der Waals surface area (Å²) in [6.45, 7) is 10.5. The van der Waals surface area contributed by atoms with Crippen molar-refractivity contribution in [1.29, 1.82) is 0 Å². The zero-order valence-corrected chi connectivity index (χ0v) is 13.6. The molecular formula is C17H33NO2. The van der Waals surface area contributed by atoms with Crippen molar-refractivity contribution in [3.05, 3.63) is 0 Å². The third kappa shape index (κ3) is 4.71. The maximum absolute atomic E-state index is 6.46. The van der Waals surface area contributed by atoms with Crippen LogP contribution < -0.4 is 5.32 Å². The molecule has 0 bridgehead atoms. The lowest BCUT2D eigenvalue weighted by molar-refractivity contribution is -0.0898. The molecule has 3 heteroatoms. The van der Waals surface area contributed by atoms with Crippen LogP contribution in [-0.2, 0) is 9.47 Å². The normalized spacial score (nSPS) is 34.8. The maximum atomic E-state index is 6.46. The van der Waals surface area contributed by atoms with Crippen molar-refractivity contribution in [2.45, 2.75) is 70.9 Å². The van der Waals surface area contributed by atoms with Gasteiger partial charge in [-0.3, -0.25) is 0 Å². The first-order valence-corrected chi connectivity index (χ1v) is 8.58. The molecule has 0 spiro atoms. The number of ether oxygens (including phenoxy) is 2. The second kappa shape index (κ2) is 7.77. The Balaban J connectivity index is 1.85. The Hall–Kier alpha value is -0.120. The summed E-state index contributed by atoms with van der Waals surface area (Å²) in [4.78, 5) is 0. The summed E-state index contributed by atoms with van der Waals surface area (Å²) < 4.78 is 11.9. The average molecular weight is 283 g/mol. The van der Waals surface area contributed by atoms with Gasteiger partial charge in [0.05, 0.1) is 18.8 Å². The van der Waals surface area contributed by atoms with Crippen molar-refractivity contribution in [1.82, 2.24) is 5.32 Å². The summed E-state index contributed by atoms with van der Waals surface area (Å²) >= 11 is 0. The molecule has 1 aliphatic carbocycles. The van der Waals surface area contributed by atoms with Crippen LogP contribution in [0.2, 0.25) is 0 Å². The number of rotatable bonds is 7. The van der Waals surface area contributed by atoms with Crippen LogP contribution in [0, 0.1) is 11.8 Å². The van der Waals surface area contributed by atoms with Gasteiger partial charge < -0.3 is 14.8 Å². The lowest BCUT2D eigenvalue weighted by atomic mass is 9.77. The summed E-state index contributed by atoms with van der Waals surface area (Å²) in [7, 11) is 0. The van der Waals surface area contributed by atoms with E-state index in [4.69, 9.17) is 9.47 Å². The van der Waals surface area contributed by atoms with Crippen molar-refractivity contribution >= 4 is 0 Å². The Bertz CT molecular complexity index is 266. The Morgan fingerprint density at radius 1 is 1.20 bits per heavy atom. The molecular weight excluding hydrogens is 250 g/mol. The van der Waals surface area contributed by atoms with Gasteiger partial charge in [0.25, 0.3) is 0 Å². The van der Waals surface area contributed by atoms with E-state index in [0.717, 1.165) is 32.3 Å². The molecule has 2 fully saturated rings. The van der Waals surface area contributed by atoms with Crippen LogP contribution in [-0.4, -0.2) is 38.0 Å².